The van der Waals surface area contributed by atoms with Crippen LogP contribution < -0.4 is 10.6 Å². The van der Waals surface area contributed by atoms with Crippen molar-refractivity contribution >= 4 is 17.5 Å². The van der Waals surface area contributed by atoms with E-state index in [9.17, 15) is 0 Å². The molecule has 140 valence electrons. The average Bonchev–Trinajstić information content (AvgIpc) is 3.23. The van der Waals surface area contributed by atoms with Crippen LogP contribution in [0.1, 0.15) is 24.1 Å². The summed E-state index contributed by atoms with van der Waals surface area (Å²) in [6, 6.07) is 12.1. The highest BCUT2D eigenvalue weighted by atomic mass is 35.5. The number of benzene rings is 1. The van der Waals surface area contributed by atoms with Gasteiger partial charge in [-0.1, -0.05) is 29.8 Å². The lowest BCUT2D eigenvalue weighted by Crippen LogP contribution is -2.41. The smallest absolute Gasteiger partial charge is 0.222 e. The van der Waals surface area contributed by atoms with Crippen LogP contribution in [-0.4, -0.2) is 39.4 Å². The number of rotatable bonds is 6. The zero-order chi connectivity index (χ0) is 18.5. The van der Waals surface area contributed by atoms with Crippen LogP contribution in [0.2, 0.25) is 5.02 Å². The summed E-state index contributed by atoms with van der Waals surface area (Å²) in [7, 11) is 0. The Morgan fingerprint density at radius 2 is 1.96 bits per heavy atom. The van der Waals surface area contributed by atoms with Gasteiger partial charge >= 0.3 is 0 Å². The van der Waals surface area contributed by atoms with Crippen LogP contribution in [-0.2, 0) is 12.0 Å². The highest BCUT2D eigenvalue weighted by molar-refractivity contribution is 6.31. The van der Waals surface area contributed by atoms with E-state index in [0.29, 0.717) is 12.5 Å². The first-order valence-corrected chi connectivity index (χ1v) is 9.66. The highest BCUT2D eigenvalue weighted by Gasteiger charge is 2.38. The molecule has 0 aliphatic carbocycles. The number of aromatic nitrogens is 4. The Morgan fingerprint density at radius 1 is 1.11 bits per heavy atom. The number of halogens is 1. The molecule has 1 aliphatic rings. The number of hydrogen-bond donors (Lipinski definition) is 2. The van der Waals surface area contributed by atoms with Gasteiger partial charge in [0, 0.05) is 35.6 Å². The molecule has 1 fully saturated rings. The molecule has 27 heavy (non-hydrogen) atoms. The van der Waals surface area contributed by atoms with E-state index in [4.69, 9.17) is 16.6 Å². The van der Waals surface area contributed by atoms with Gasteiger partial charge < -0.3 is 10.6 Å². The minimum atomic E-state index is -0.190. The molecule has 0 bridgehead atoms. The van der Waals surface area contributed by atoms with E-state index < -0.39 is 0 Å². The first kappa shape index (κ1) is 17.9. The molecule has 2 aromatic heterocycles. The van der Waals surface area contributed by atoms with E-state index in [2.05, 4.69) is 32.8 Å². The second-order valence-corrected chi connectivity index (χ2v) is 7.18. The van der Waals surface area contributed by atoms with Gasteiger partial charge in [-0.25, -0.2) is 9.97 Å². The third-order valence-corrected chi connectivity index (χ3v) is 5.51. The van der Waals surface area contributed by atoms with Crippen molar-refractivity contribution in [2.45, 2.75) is 24.8 Å². The fourth-order valence-electron chi connectivity index (χ4n) is 3.79. The van der Waals surface area contributed by atoms with Crippen LogP contribution in [0, 0.1) is 0 Å². The van der Waals surface area contributed by atoms with Crippen LogP contribution in [0.4, 0.5) is 5.95 Å². The van der Waals surface area contributed by atoms with E-state index in [1.165, 1.54) is 0 Å². The van der Waals surface area contributed by atoms with Gasteiger partial charge in [0.05, 0.1) is 12.2 Å². The minimum Gasteiger partial charge on any atom is -0.352 e. The third-order valence-electron chi connectivity index (χ3n) is 5.18. The molecule has 2 N–H and O–H groups in total. The van der Waals surface area contributed by atoms with Gasteiger partial charge in [-0.15, -0.1) is 0 Å². The number of nitrogens with one attached hydrogen (secondary N) is 2. The molecule has 6 nitrogen and oxygen atoms in total. The second kappa shape index (κ2) is 8.06. The number of anilines is 1. The number of nitrogens with zero attached hydrogens (tertiary/aromatic N) is 4. The molecule has 0 saturated carbocycles. The van der Waals surface area contributed by atoms with Crippen molar-refractivity contribution < 1.29 is 0 Å². The van der Waals surface area contributed by atoms with E-state index in [-0.39, 0.29) is 5.41 Å². The van der Waals surface area contributed by atoms with Crippen molar-refractivity contribution in [2.75, 3.05) is 25.0 Å². The summed E-state index contributed by atoms with van der Waals surface area (Å²) in [4.78, 5) is 9.27. The molecule has 1 aliphatic heterocycles. The van der Waals surface area contributed by atoms with E-state index >= 15 is 0 Å². The van der Waals surface area contributed by atoms with Crippen molar-refractivity contribution in [3.63, 3.8) is 0 Å². The quantitative estimate of drug-likeness (QED) is 0.685. The molecule has 0 unspecified atom stereocenters. The Bertz CT molecular complexity index is 874. The fraction of sp³-hybridized carbons (Fsp3) is 0.350. The Hall–Kier alpha value is -2.44. The van der Waals surface area contributed by atoms with Crippen molar-refractivity contribution in [3.8, 4) is 0 Å². The van der Waals surface area contributed by atoms with Gasteiger partial charge in [-0.2, -0.15) is 5.10 Å². The average molecular weight is 383 g/mol. The molecule has 7 heteroatoms. The van der Waals surface area contributed by atoms with Crippen molar-refractivity contribution in [3.05, 3.63) is 71.3 Å². The molecule has 3 aromatic rings. The summed E-state index contributed by atoms with van der Waals surface area (Å²) >= 11 is 6.59. The molecular weight excluding hydrogens is 360 g/mol. The molecule has 1 aromatic carbocycles. The van der Waals surface area contributed by atoms with Gasteiger partial charge in [0.1, 0.15) is 0 Å². The second-order valence-electron chi connectivity index (χ2n) is 6.77. The molecule has 0 atom stereocenters. The Morgan fingerprint density at radius 3 is 2.74 bits per heavy atom. The highest BCUT2D eigenvalue weighted by Crippen LogP contribution is 2.42. The topological polar surface area (TPSA) is 67.7 Å². The lowest BCUT2D eigenvalue weighted by atomic mass is 9.70. The lowest BCUT2D eigenvalue weighted by molar-refractivity contribution is 0.354. The van der Waals surface area contributed by atoms with Crippen LogP contribution in [0.3, 0.4) is 0 Å². The van der Waals surface area contributed by atoms with Crippen molar-refractivity contribution in [1.29, 1.82) is 0 Å². The zero-order valence-corrected chi connectivity index (χ0v) is 15.9. The van der Waals surface area contributed by atoms with Gasteiger partial charge in [-0.05, 0) is 49.7 Å². The monoisotopic (exact) mass is 382 g/mol. The number of piperidine rings is 1. The first-order chi connectivity index (χ1) is 13.3. The van der Waals surface area contributed by atoms with Crippen LogP contribution in [0.25, 0.3) is 0 Å². The van der Waals surface area contributed by atoms with Gasteiger partial charge in [0.25, 0.3) is 0 Å². The van der Waals surface area contributed by atoms with Gasteiger partial charge in [-0.3, -0.25) is 4.68 Å². The van der Waals surface area contributed by atoms with Crippen LogP contribution in [0.5, 0.6) is 0 Å². The lowest BCUT2D eigenvalue weighted by Gasteiger charge is -2.38. The summed E-state index contributed by atoms with van der Waals surface area (Å²) < 4.78 is 1.88. The summed E-state index contributed by atoms with van der Waals surface area (Å²) in [5.41, 5.74) is 1.98. The molecule has 0 amide bonds. The first-order valence-electron chi connectivity index (χ1n) is 9.28. The maximum Gasteiger partial charge on any atom is 0.222 e. The SMILES string of the molecule is Clc1ccccc1C1(c2ccnc(NCCn3cccn3)n2)CCNCC1. The van der Waals surface area contributed by atoms with Crippen molar-refractivity contribution in [2.24, 2.45) is 0 Å². The van der Waals surface area contributed by atoms with Gasteiger partial charge in [0.2, 0.25) is 5.95 Å². The Balaban J connectivity index is 1.60. The molecule has 1 saturated heterocycles. The minimum absolute atomic E-state index is 0.190. The van der Waals surface area contributed by atoms with Crippen LogP contribution in [0.15, 0.2) is 55.0 Å². The molecule has 4 rings (SSSR count). The maximum absolute atomic E-state index is 6.59. The van der Waals surface area contributed by atoms with Crippen LogP contribution >= 0.6 is 11.6 Å². The zero-order valence-electron chi connectivity index (χ0n) is 15.1. The third kappa shape index (κ3) is 3.82. The van der Waals surface area contributed by atoms with E-state index in [1.54, 1.807) is 6.20 Å². The van der Waals surface area contributed by atoms with Crippen molar-refractivity contribution in [1.82, 2.24) is 25.1 Å². The summed E-state index contributed by atoms with van der Waals surface area (Å²) in [5.74, 6) is 0.643. The molecule has 0 spiro atoms. The van der Waals surface area contributed by atoms with E-state index in [1.807, 2.05) is 41.3 Å². The predicted octanol–water partition coefficient (Wildman–Crippen LogP) is 3.11. The normalized spacial score (nSPS) is 16.2. The number of hydrogen-bond acceptors (Lipinski definition) is 5. The molecule has 3 heterocycles. The summed E-state index contributed by atoms with van der Waals surface area (Å²) in [6.45, 7) is 3.36. The fourth-order valence-corrected chi connectivity index (χ4v) is 4.11. The predicted molar refractivity (Wildman–Crippen MR) is 107 cm³/mol. The molecule has 0 radical (unpaired) electrons. The summed E-state index contributed by atoms with van der Waals surface area (Å²) in [5, 5.41) is 11.8. The summed E-state index contributed by atoms with van der Waals surface area (Å²) in [6.07, 6.45) is 7.47. The standard InChI is InChI=1S/C20H23ClN6/c21-17-5-2-1-4-16(17)20(7-11-22-12-8-20)18-6-10-23-19(26-18)24-13-15-27-14-3-9-25-27/h1-6,9-10,14,22H,7-8,11-13,15H2,(H,23,24,26). The Kier molecular flexibility index (Phi) is 5.36. The Labute approximate surface area is 164 Å². The maximum atomic E-state index is 6.59. The largest absolute Gasteiger partial charge is 0.352 e. The van der Waals surface area contributed by atoms with E-state index in [0.717, 1.165) is 48.8 Å². The van der Waals surface area contributed by atoms with Gasteiger partial charge in [0.15, 0.2) is 0 Å². The molecular formula is C20H23ClN6.